The van der Waals surface area contributed by atoms with Crippen LogP contribution < -0.4 is 9.64 Å². The van der Waals surface area contributed by atoms with Gasteiger partial charge in [0.15, 0.2) is 0 Å². The number of carbonyl (C=O) groups excluding carboxylic acids is 2. The summed E-state index contributed by atoms with van der Waals surface area (Å²) in [5.41, 5.74) is 1.82. The van der Waals surface area contributed by atoms with Gasteiger partial charge in [0.1, 0.15) is 11.4 Å². The van der Waals surface area contributed by atoms with E-state index in [1.54, 1.807) is 48.5 Å². The van der Waals surface area contributed by atoms with Crippen molar-refractivity contribution in [3.63, 3.8) is 0 Å². The van der Waals surface area contributed by atoms with E-state index < -0.39 is 0 Å². The number of hydrogen-bond acceptors (Lipinski definition) is 5. The van der Waals surface area contributed by atoms with E-state index in [9.17, 15) is 9.59 Å². The second-order valence-electron chi connectivity index (χ2n) is 7.51. The number of nitrogens with zero attached hydrogens (tertiary/aromatic N) is 2. The van der Waals surface area contributed by atoms with Crippen LogP contribution in [0.2, 0.25) is 5.02 Å². The lowest BCUT2D eigenvalue weighted by atomic mass is 10.0. The first-order chi connectivity index (χ1) is 14.4. The first kappa shape index (κ1) is 20.4. The number of imide groups is 1. The number of morpholine rings is 1. The second-order valence-corrected chi connectivity index (χ2v) is 7.95. The Kier molecular flexibility index (Phi) is 5.54. The van der Waals surface area contributed by atoms with Crippen molar-refractivity contribution in [1.82, 2.24) is 4.90 Å². The Balaban J connectivity index is 1.85. The molecule has 1 fully saturated rings. The highest BCUT2D eigenvalue weighted by Crippen LogP contribution is 2.39. The molecule has 1 saturated heterocycles. The van der Waals surface area contributed by atoms with Crippen molar-refractivity contribution in [1.29, 1.82) is 0 Å². The molecule has 0 aromatic heterocycles. The minimum Gasteiger partial charge on any atom is -0.495 e. The zero-order valence-corrected chi connectivity index (χ0v) is 17.8. The Hall–Kier alpha value is -2.83. The van der Waals surface area contributed by atoms with Crippen LogP contribution in [0.5, 0.6) is 5.75 Å². The fourth-order valence-electron chi connectivity index (χ4n) is 4.08. The van der Waals surface area contributed by atoms with Gasteiger partial charge in [-0.3, -0.25) is 9.59 Å². The molecule has 0 aliphatic carbocycles. The minimum absolute atomic E-state index is 0.0593. The van der Waals surface area contributed by atoms with E-state index in [1.165, 1.54) is 12.0 Å². The molecule has 0 saturated carbocycles. The zero-order valence-electron chi connectivity index (χ0n) is 17.1. The molecule has 2 heterocycles. The van der Waals surface area contributed by atoms with Gasteiger partial charge in [-0.1, -0.05) is 35.9 Å². The number of amides is 2. The Bertz CT molecular complexity index is 1010. The largest absolute Gasteiger partial charge is 0.495 e. The van der Waals surface area contributed by atoms with E-state index in [0.29, 0.717) is 46.4 Å². The smallest absolute Gasteiger partial charge is 0.282 e. The zero-order chi connectivity index (χ0) is 21.4. The highest BCUT2D eigenvalue weighted by molar-refractivity contribution is 6.45. The summed E-state index contributed by atoms with van der Waals surface area (Å²) in [6.07, 6.45) is -0.119. The molecule has 0 N–H and O–H groups in total. The summed E-state index contributed by atoms with van der Waals surface area (Å²) in [5, 5.41) is 0.563. The van der Waals surface area contributed by atoms with Gasteiger partial charge in [-0.15, -0.1) is 0 Å². The molecule has 4 rings (SSSR count). The van der Waals surface area contributed by atoms with Gasteiger partial charge in [0.2, 0.25) is 0 Å². The fourth-order valence-corrected chi connectivity index (χ4v) is 4.21. The van der Waals surface area contributed by atoms with E-state index in [1.807, 2.05) is 18.7 Å². The van der Waals surface area contributed by atoms with Crippen LogP contribution in [0.15, 0.2) is 54.2 Å². The fraction of sp³-hybridized carbons (Fsp3) is 0.304. The maximum Gasteiger partial charge on any atom is 0.282 e. The molecule has 0 spiro atoms. The number of anilines is 1. The number of ether oxygens (including phenoxy) is 2. The maximum absolute atomic E-state index is 13.6. The van der Waals surface area contributed by atoms with E-state index in [4.69, 9.17) is 21.1 Å². The average molecular weight is 427 g/mol. The molecule has 7 heteroatoms. The van der Waals surface area contributed by atoms with Crippen LogP contribution >= 0.6 is 11.6 Å². The lowest BCUT2D eigenvalue weighted by Gasteiger charge is -2.37. The van der Waals surface area contributed by atoms with Crippen molar-refractivity contribution < 1.29 is 19.1 Å². The first-order valence-corrected chi connectivity index (χ1v) is 10.2. The third-order valence-electron chi connectivity index (χ3n) is 5.25. The summed E-state index contributed by atoms with van der Waals surface area (Å²) in [6.45, 7) is 4.97. The molecular formula is C23H23ClN2O4. The number of rotatable bonds is 4. The van der Waals surface area contributed by atoms with E-state index in [2.05, 4.69) is 0 Å². The predicted molar refractivity (Wildman–Crippen MR) is 115 cm³/mol. The van der Waals surface area contributed by atoms with Crippen molar-refractivity contribution in [2.75, 3.05) is 25.1 Å². The van der Waals surface area contributed by atoms with Gasteiger partial charge in [-0.2, -0.15) is 0 Å². The predicted octanol–water partition coefficient (Wildman–Crippen LogP) is 3.74. The van der Waals surface area contributed by atoms with Crippen molar-refractivity contribution in [3.8, 4) is 5.75 Å². The van der Waals surface area contributed by atoms with Gasteiger partial charge in [-0.05, 0) is 43.7 Å². The molecule has 2 aliphatic heterocycles. The van der Waals surface area contributed by atoms with Gasteiger partial charge >= 0.3 is 0 Å². The molecule has 30 heavy (non-hydrogen) atoms. The Labute approximate surface area is 180 Å². The average Bonchev–Trinajstić information content (AvgIpc) is 2.98. The van der Waals surface area contributed by atoms with Crippen molar-refractivity contribution in [2.45, 2.75) is 26.1 Å². The first-order valence-electron chi connectivity index (χ1n) is 9.83. The van der Waals surface area contributed by atoms with E-state index in [-0.39, 0.29) is 24.0 Å². The van der Waals surface area contributed by atoms with Crippen LogP contribution in [0.4, 0.5) is 5.69 Å². The molecule has 0 bridgehead atoms. The van der Waals surface area contributed by atoms with Gasteiger partial charge in [-0.25, -0.2) is 4.90 Å². The summed E-state index contributed by atoms with van der Waals surface area (Å²) in [4.78, 5) is 30.4. The van der Waals surface area contributed by atoms with Gasteiger partial charge in [0.25, 0.3) is 11.8 Å². The number of para-hydroxylation sites is 2. The SMILES string of the molecule is COc1ccccc1N1C(=O)C(c2ccc(Cl)cc2)=C(N2CC(C)OC(C)C2)C1=O. The molecule has 156 valence electrons. The van der Waals surface area contributed by atoms with Crippen LogP contribution in [0.1, 0.15) is 19.4 Å². The number of hydrogen-bond donors (Lipinski definition) is 0. The normalized spacial score (nSPS) is 22.1. The molecule has 2 aromatic rings. The molecule has 2 unspecified atom stereocenters. The Morgan fingerprint density at radius 2 is 1.60 bits per heavy atom. The third-order valence-corrected chi connectivity index (χ3v) is 5.51. The summed E-state index contributed by atoms with van der Waals surface area (Å²) >= 11 is 6.05. The van der Waals surface area contributed by atoms with E-state index >= 15 is 0 Å². The molecule has 2 atom stereocenters. The van der Waals surface area contributed by atoms with Crippen LogP contribution in [0.3, 0.4) is 0 Å². The minimum atomic E-state index is -0.381. The Morgan fingerprint density at radius 1 is 0.967 bits per heavy atom. The number of benzene rings is 2. The number of methoxy groups -OCH3 is 1. The standard InChI is InChI=1S/C23H23ClN2O4/c1-14-12-25(13-15(2)30-14)21-20(16-8-10-17(24)11-9-16)22(27)26(23(21)28)18-6-4-5-7-19(18)29-3/h4-11,14-15H,12-13H2,1-3H3. The van der Waals surface area contributed by atoms with Crippen LogP contribution in [0.25, 0.3) is 5.57 Å². The van der Waals surface area contributed by atoms with Gasteiger partial charge in [0, 0.05) is 18.1 Å². The highest BCUT2D eigenvalue weighted by atomic mass is 35.5. The summed E-state index contributed by atoms with van der Waals surface area (Å²) < 4.78 is 11.2. The van der Waals surface area contributed by atoms with Crippen molar-refractivity contribution >= 4 is 34.7 Å². The molecule has 2 amide bonds. The molecule has 0 radical (unpaired) electrons. The summed E-state index contributed by atoms with van der Waals surface area (Å²) in [7, 11) is 1.52. The molecule has 6 nitrogen and oxygen atoms in total. The summed E-state index contributed by atoms with van der Waals surface area (Å²) in [6, 6.07) is 14.0. The Morgan fingerprint density at radius 3 is 2.23 bits per heavy atom. The monoisotopic (exact) mass is 426 g/mol. The number of halogens is 1. The second kappa shape index (κ2) is 8.13. The molecular weight excluding hydrogens is 404 g/mol. The topological polar surface area (TPSA) is 59.1 Å². The maximum atomic E-state index is 13.6. The van der Waals surface area contributed by atoms with Crippen molar-refractivity contribution in [3.05, 3.63) is 64.8 Å². The number of carbonyl (C=O) groups is 2. The lowest BCUT2D eigenvalue weighted by Crippen LogP contribution is -2.47. The summed E-state index contributed by atoms with van der Waals surface area (Å²) in [5.74, 6) is -0.288. The lowest BCUT2D eigenvalue weighted by molar-refractivity contribution is -0.121. The van der Waals surface area contributed by atoms with Gasteiger partial charge in [0.05, 0.1) is 30.6 Å². The van der Waals surface area contributed by atoms with Crippen molar-refractivity contribution in [2.24, 2.45) is 0 Å². The van der Waals surface area contributed by atoms with E-state index in [0.717, 1.165) is 0 Å². The quantitative estimate of drug-likeness (QED) is 0.697. The van der Waals surface area contributed by atoms with Gasteiger partial charge < -0.3 is 14.4 Å². The van der Waals surface area contributed by atoms with Crippen LogP contribution in [0, 0.1) is 0 Å². The molecule has 2 aliphatic rings. The van der Waals surface area contributed by atoms with Crippen LogP contribution in [-0.2, 0) is 14.3 Å². The highest BCUT2D eigenvalue weighted by Gasteiger charge is 2.44. The third kappa shape index (κ3) is 3.57. The van der Waals surface area contributed by atoms with Crippen LogP contribution in [-0.4, -0.2) is 49.1 Å². The molecule has 2 aromatic carbocycles.